The number of fused-ring (bicyclic) bond motifs is 7. The van der Waals surface area contributed by atoms with Crippen LogP contribution in [0.25, 0.3) is 0 Å². The molecule has 54 heavy (non-hydrogen) atoms. The van der Waals surface area contributed by atoms with Crippen molar-refractivity contribution in [2.45, 2.75) is 167 Å². The molecule has 2 saturated heterocycles. The van der Waals surface area contributed by atoms with E-state index in [1.165, 1.54) is 5.57 Å². The van der Waals surface area contributed by atoms with Crippen molar-refractivity contribution < 1.29 is 64.6 Å². The number of hydrogen-bond donors (Lipinski definition) is 8. The fourth-order valence-corrected chi connectivity index (χ4v) is 13.4. The lowest BCUT2D eigenvalue weighted by Gasteiger charge is -2.71. The first-order valence-corrected chi connectivity index (χ1v) is 20.4. The summed E-state index contributed by atoms with van der Waals surface area (Å²) < 4.78 is 23.6. The van der Waals surface area contributed by atoms with Crippen molar-refractivity contribution in [1.29, 1.82) is 0 Å². The molecule has 13 nitrogen and oxygen atoms in total. The zero-order valence-corrected chi connectivity index (χ0v) is 32.9. The minimum Gasteiger partial charge on any atom is -0.481 e. The van der Waals surface area contributed by atoms with E-state index >= 15 is 0 Å². The molecule has 7 rings (SSSR count). The average Bonchev–Trinajstić information content (AvgIpc) is 3.12. The summed E-state index contributed by atoms with van der Waals surface area (Å²) in [5.74, 6) is -0.194. The SMILES string of the molecule is CC1(C)CC[C@@]2(C(=O)O)CC[C@@]3(C)C(=CC[C@H]4[C@]5(C)CC[C@@H](O[C@@H]6OC[C@@H](O[C@H]7O[C@@H](CO)[C@H](O)[C@@H](O)[C@@H]7O)[C@H](O)[C@@H]6O)[C@](C)(CO)[C@@H]5CC[C@]43C)[C@@H]2C1. The van der Waals surface area contributed by atoms with Crippen LogP contribution in [0.15, 0.2) is 11.6 Å². The molecule has 4 saturated carbocycles. The molecule has 2 aliphatic heterocycles. The second-order valence-electron chi connectivity index (χ2n) is 20.1. The van der Waals surface area contributed by atoms with Crippen LogP contribution in [0.2, 0.25) is 0 Å². The molecule has 0 radical (unpaired) electrons. The van der Waals surface area contributed by atoms with E-state index in [-0.39, 0.29) is 46.7 Å². The van der Waals surface area contributed by atoms with E-state index < -0.39 is 84.8 Å². The smallest absolute Gasteiger partial charge is 0.310 e. The molecule has 18 atom stereocenters. The zero-order valence-electron chi connectivity index (χ0n) is 32.9. The summed E-state index contributed by atoms with van der Waals surface area (Å²) in [5.41, 5.74) is -0.234. The third-order valence-corrected chi connectivity index (χ3v) is 17.0. The van der Waals surface area contributed by atoms with Gasteiger partial charge in [0, 0.05) is 5.41 Å². The van der Waals surface area contributed by atoms with E-state index in [0.717, 1.165) is 51.4 Å². The molecule has 0 amide bonds. The Kier molecular flexibility index (Phi) is 10.6. The lowest BCUT2D eigenvalue weighted by atomic mass is 9.33. The first kappa shape index (κ1) is 40.9. The summed E-state index contributed by atoms with van der Waals surface area (Å²) in [7, 11) is 0. The minimum absolute atomic E-state index is 0.0344. The van der Waals surface area contributed by atoms with Gasteiger partial charge in [-0.15, -0.1) is 0 Å². The molecule has 13 heteroatoms. The van der Waals surface area contributed by atoms with Crippen molar-refractivity contribution >= 4 is 5.97 Å². The molecule has 308 valence electrons. The number of aliphatic hydroxyl groups excluding tert-OH is 7. The normalized spacial score (nSPS) is 54.3. The van der Waals surface area contributed by atoms with Crippen LogP contribution in [0.4, 0.5) is 0 Å². The number of hydrogen-bond acceptors (Lipinski definition) is 12. The fourth-order valence-electron chi connectivity index (χ4n) is 13.4. The van der Waals surface area contributed by atoms with Crippen molar-refractivity contribution in [3.63, 3.8) is 0 Å². The van der Waals surface area contributed by atoms with E-state index in [0.29, 0.717) is 18.8 Å². The number of ether oxygens (including phenoxy) is 4. The van der Waals surface area contributed by atoms with E-state index in [9.17, 15) is 45.6 Å². The van der Waals surface area contributed by atoms with Crippen molar-refractivity contribution in [3.05, 3.63) is 11.6 Å². The van der Waals surface area contributed by atoms with Crippen LogP contribution in [0.5, 0.6) is 0 Å². The molecule has 8 N–H and O–H groups in total. The average molecular weight is 767 g/mol. The fraction of sp³-hybridized carbons (Fsp3) is 0.927. The van der Waals surface area contributed by atoms with Crippen molar-refractivity contribution in [3.8, 4) is 0 Å². The second kappa shape index (κ2) is 14.0. The molecular weight excluding hydrogens is 700 g/mol. The van der Waals surface area contributed by atoms with Gasteiger partial charge in [-0.05, 0) is 104 Å². The Morgan fingerprint density at radius 3 is 2.15 bits per heavy atom. The summed E-state index contributed by atoms with van der Waals surface area (Å²) in [4.78, 5) is 13.0. The van der Waals surface area contributed by atoms with Gasteiger partial charge in [0.1, 0.15) is 42.7 Å². The van der Waals surface area contributed by atoms with Crippen molar-refractivity contribution in [2.24, 2.45) is 50.2 Å². The number of rotatable bonds is 7. The van der Waals surface area contributed by atoms with Crippen LogP contribution in [0.3, 0.4) is 0 Å². The Morgan fingerprint density at radius 1 is 0.796 bits per heavy atom. The Hall–Kier alpha value is -1.23. The van der Waals surface area contributed by atoms with Gasteiger partial charge in [0.2, 0.25) is 0 Å². The number of carboxylic acids is 1. The lowest BCUT2D eigenvalue weighted by Crippen LogP contribution is -2.67. The molecule has 6 fully saturated rings. The minimum atomic E-state index is -1.68. The molecule has 7 aliphatic rings. The third kappa shape index (κ3) is 5.92. The maximum absolute atomic E-state index is 13.0. The van der Waals surface area contributed by atoms with Gasteiger partial charge in [-0.1, -0.05) is 53.2 Å². The van der Waals surface area contributed by atoms with Crippen LogP contribution in [0, 0.1) is 50.2 Å². The van der Waals surface area contributed by atoms with Gasteiger partial charge in [0.05, 0.1) is 31.3 Å². The molecule has 0 aromatic heterocycles. The van der Waals surface area contributed by atoms with Crippen LogP contribution in [-0.2, 0) is 23.7 Å². The summed E-state index contributed by atoms with van der Waals surface area (Å²) in [5, 5.41) is 84.5. The highest BCUT2D eigenvalue weighted by Gasteiger charge is 2.70. The predicted molar refractivity (Wildman–Crippen MR) is 193 cm³/mol. The standard InChI is InChI=1S/C41H66O13/c1-36(2)13-15-41(35(49)50)16-14-39(5)21(22(41)17-36)7-8-26-37(3)11-10-27(38(4,20-43)25(37)9-12-40(26,39)6)54-33-31(47)29(45)24(19-51-33)53-34-32(48)30(46)28(44)23(18-42)52-34/h7,22-34,42-48H,8-20H2,1-6H3,(H,49,50)/t22-,23-,24+,25+,26-,27+,28-,29-,30+,31-,32-,33-,34+,37+,38+,39-,40+,41+/m0/s1. The second-order valence-corrected chi connectivity index (χ2v) is 20.1. The van der Waals surface area contributed by atoms with Crippen LogP contribution in [0.1, 0.15) is 106 Å². The molecule has 0 bridgehead atoms. The first-order chi connectivity index (χ1) is 25.2. The maximum atomic E-state index is 13.0. The van der Waals surface area contributed by atoms with Gasteiger partial charge >= 0.3 is 5.97 Å². The van der Waals surface area contributed by atoms with E-state index in [1.54, 1.807) is 0 Å². The van der Waals surface area contributed by atoms with Crippen molar-refractivity contribution in [2.75, 3.05) is 19.8 Å². The molecule has 5 aliphatic carbocycles. The van der Waals surface area contributed by atoms with Gasteiger partial charge in [-0.25, -0.2) is 0 Å². The molecule has 0 aromatic carbocycles. The summed E-state index contributed by atoms with van der Waals surface area (Å²) in [6.07, 6.45) is -2.86. The number of aliphatic carboxylic acids is 1. The number of carbonyl (C=O) groups is 1. The largest absolute Gasteiger partial charge is 0.481 e. The predicted octanol–water partition coefficient (Wildman–Crippen LogP) is 2.49. The number of carboxylic acid groups (broad SMARTS) is 1. The Balaban J connectivity index is 1.08. The Labute approximate surface area is 319 Å². The topological polar surface area (TPSA) is 216 Å². The van der Waals surface area contributed by atoms with Gasteiger partial charge < -0.3 is 59.8 Å². The number of allylic oxidation sites excluding steroid dienone is 2. The molecular formula is C41H66O13. The molecule has 0 aromatic rings. The van der Waals surface area contributed by atoms with E-state index in [4.69, 9.17) is 18.9 Å². The number of aliphatic hydroxyl groups is 7. The molecule has 0 unspecified atom stereocenters. The highest BCUT2D eigenvalue weighted by molar-refractivity contribution is 5.76. The summed E-state index contributed by atoms with van der Waals surface area (Å²) in [6, 6.07) is 0. The van der Waals surface area contributed by atoms with Gasteiger partial charge in [0.15, 0.2) is 12.6 Å². The van der Waals surface area contributed by atoms with Crippen LogP contribution >= 0.6 is 0 Å². The third-order valence-electron chi connectivity index (χ3n) is 17.0. The monoisotopic (exact) mass is 766 g/mol. The summed E-state index contributed by atoms with van der Waals surface area (Å²) >= 11 is 0. The first-order valence-electron chi connectivity index (χ1n) is 20.4. The van der Waals surface area contributed by atoms with Gasteiger partial charge in [0.25, 0.3) is 0 Å². The zero-order chi connectivity index (χ0) is 39.4. The van der Waals surface area contributed by atoms with Gasteiger partial charge in [-0.2, -0.15) is 0 Å². The molecule has 0 spiro atoms. The quantitative estimate of drug-likeness (QED) is 0.138. The van der Waals surface area contributed by atoms with E-state index in [2.05, 4.69) is 47.6 Å². The Bertz CT molecular complexity index is 1450. The van der Waals surface area contributed by atoms with E-state index in [1.807, 2.05) is 0 Å². The Morgan fingerprint density at radius 2 is 1.48 bits per heavy atom. The van der Waals surface area contributed by atoms with Crippen LogP contribution in [-0.4, -0.2) is 128 Å². The van der Waals surface area contributed by atoms with Crippen LogP contribution < -0.4 is 0 Å². The highest BCUT2D eigenvalue weighted by atomic mass is 16.7. The maximum Gasteiger partial charge on any atom is 0.310 e. The lowest BCUT2D eigenvalue weighted by molar-refractivity contribution is -0.352. The van der Waals surface area contributed by atoms with Gasteiger partial charge in [-0.3, -0.25) is 4.79 Å². The molecule has 2 heterocycles. The van der Waals surface area contributed by atoms with Crippen molar-refractivity contribution in [1.82, 2.24) is 0 Å². The summed E-state index contributed by atoms with van der Waals surface area (Å²) in [6.45, 7) is 12.9. The highest BCUT2D eigenvalue weighted by Crippen LogP contribution is 2.76.